The predicted molar refractivity (Wildman–Crippen MR) is 109 cm³/mol. The molecule has 0 aliphatic carbocycles. The van der Waals surface area contributed by atoms with E-state index in [-0.39, 0.29) is 6.61 Å². The number of hydrogen-bond acceptors (Lipinski definition) is 10. The molecule has 2 fully saturated rings. The fourth-order valence-corrected chi connectivity index (χ4v) is 4.57. The number of aliphatic hydroxyl groups is 1. The summed E-state index contributed by atoms with van der Waals surface area (Å²) in [5, 5.41) is 9.83. The Morgan fingerprint density at radius 1 is 1.11 bits per heavy atom. The average Bonchev–Trinajstić information content (AvgIpc) is 3.06. The number of piperazine rings is 1. The van der Waals surface area contributed by atoms with E-state index in [4.69, 9.17) is 31.3 Å². The normalized spacial score (nSPS) is 18.8. The Balaban J connectivity index is 1.73. The van der Waals surface area contributed by atoms with Crippen LogP contribution < -0.4 is 21.3 Å². The van der Waals surface area contributed by atoms with Crippen molar-refractivity contribution in [1.29, 1.82) is 0 Å². The zero-order valence-electron chi connectivity index (χ0n) is 15.6. The number of amides is 1. The van der Waals surface area contributed by atoms with E-state index < -0.39 is 5.91 Å². The molecule has 2 saturated heterocycles. The highest BCUT2D eigenvalue weighted by Gasteiger charge is 2.26. The third-order valence-corrected chi connectivity index (χ3v) is 6.28. The zero-order chi connectivity index (χ0) is 19.7. The van der Waals surface area contributed by atoms with Crippen LogP contribution in [0.15, 0.2) is 0 Å². The van der Waals surface area contributed by atoms with Crippen LogP contribution >= 0.6 is 11.3 Å². The van der Waals surface area contributed by atoms with Crippen molar-refractivity contribution in [2.75, 3.05) is 81.2 Å². The van der Waals surface area contributed by atoms with Crippen LogP contribution in [0.25, 0.3) is 10.2 Å². The highest BCUT2D eigenvalue weighted by atomic mass is 32.1. The van der Waals surface area contributed by atoms with Gasteiger partial charge in [0.05, 0.1) is 30.9 Å². The first-order chi connectivity index (χ1) is 13.6. The van der Waals surface area contributed by atoms with Gasteiger partial charge in [-0.2, -0.15) is 4.98 Å². The summed E-state index contributed by atoms with van der Waals surface area (Å²) in [5.74, 6) is 0.824. The van der Waals surface area contributed by atoms with Gasteiger partial charge in [-0.1, -0.05) is 0 Å². The molecule has 0 radical (unpaired) electrons. The number of β-amino-alcohol motifs (C(OH)–C–C–N with tert-alkyl or cyclic N) is 1. The highest BCUT2D eigenvalue weighted by Crippen LogP contribution is 2.39. The molecular weight excluding hydrogens is 382 g/mol. The molecule has 4 heterocycles. The molecule has 0 unspecified atom stereocenters. The number of rotatable bonds is 5. The third-order valence-electron chi connectivity index (χ3n) is 5.16. The molecule has 0 saturated carbocycles. The molecule has 152 valence electrons. The number of primary amides is 1. The minimum atomic E-state index is -0.549. The molecule has 10 nitrogen and oxygen atoms in total. The van der Waals surface area contributed by atoms with Gasteiger partial charge in [0.25, 0.3) is 5.91 Å². The van der Waals surface area contributed by atoms with Gasteiger partial charge in [-0.05, 0) is 0 Å². The Morgan fingerprint density at radius 2 is 1.82 bits per heavy atom. The van der Waals surface area contributed by atoms with E-state index in [1.54, 1.807) is 0 Å². The zero-order valence-corrected chi connectivity index (χ0v) is 16.5. The summed E-state index contributed by atoms with van der Waals surface area (Å²) in [6.45, 7) is 6.72. The maximum atomic E-state index is 11.8. The van der Waals surface area contributed by atoms with Crippen molar-refractivity contribution >= 4 is 44.9 Å². The number of nitrogens with two attached hydrogens (primary N) is 2. The maximum absolute atomic E-state index is 11.8. The molecule has 0 atom stereocenters. The smallest absolute Gasteiger partial charge is 0.260 e. The van der Waals surface area contributed by atoms with Gasteiger partial charge < -0.3 is 31.1 Å². The fourth-order valence-electron chi connectivity index (χ4n) is 3.63. The average molecular weight is 408 g/mol. The molecule has 0 aromatic carbocycles. The number of carbonyl (C=O) groups excluding carboxylic acids is 1. The van der Waals surface area contributed by atoms with Crippen LogP contribution in [0, 0.1) is 0 Å². The SMILES string of the molecule is NC(=O)c1sc2nc(N3CCN(CCO)CC3)nc(N3CCOCC3)c2c1N. The Labute approximate surface area is 166 Å². The number of aliphatic hydroxyl groups excluding tert-OH is 1. The summed E-state index contributed by atoms with van der Waals surface area (Å²) in [4.78, 5) is 28.8. The summed E-state index contributed by atoms with van der Waals surface area (Å²) in [6.07, 6.45) is 0. The number of hydrogen-bond donors (Lipinski definition) is 3. The van der Waals surface area contributed by atoms with Gasteiger partial charge in [-0.25, -0.2) is 4.98 Å². The molecule has 4 rings (SSSR count). The number of fused-ring (bicyclic) bond motifs is 1. The van der Waals surface area contributed by atoms with Gasteiger partial charge in [0.1, 0.15) is 15.5 Å². The predicted octanol–water partition coefficient (Wildman–Crippen LogP) is -0.677. The van der Waals surface area contributed by atoms with Crippen molar-refractivity contribution in [2.45, 2.75) is 0 Å². The number of anilines is 3. The second-order valence-electron chi connectivity index (χ2n) is 6.89. The van der Waals surface area contributed by atoms with Crippen molar-refractivity contribution < 1.29 is 14.6 Å². The first-order valence-electron chi connectivity index (χ1n) is 9.39. The summed E-state index contributed by atoms with van der Waals surface area (Å²) < 4.78 is 5.46. The quantitative estimate of drug-likeness (QED) is 0.589. The summed E-state index contributed by atoms with van der Waals surface area (Å²) >= 11 is 1.22. The monoisotopic (exact) mass is 407 g/mol. The van der Waals surface area contributed by atoms with Gasteiger partial charge in [0.2, 0.25) is 5.95 Å². The largest absolute Gasteiger partial charge is 0.397 e. The lowest BCUT2D eigenvalue weighted by Crippen LogP contribution is -2.48. The second-order valence-corrected chi connectivity index (χ2v) is 7.89. The highest BCUT2D eigenvalue weighted by molar-refractivity contribution is 7.21. The number of ether oxygens (including phenoxy) is 1. The number of nitrogen functional groups attached to an aromatic ring is 1. The summed E-state index contributed by atoms with van der Waals surface area (Å²) in [5.41, 5.74) is 12.1. The van der Waals surface area contributed by atoms with E-state index in [2.05, 4.69) is 14.7 Å². The van der Waals surface area contributed by atoms with Gasteiger partial charge in [-0.3, -0.25) is 9.69 Å². The summed E-state index contributed by atoms with van der Waals surface area (Å²) in [6, 6.07) is 0. The van der Waals surface area contributed by atoms with Crippen LogP contribution in [0.4, 0.5) is 17.5 Å². The van der Waals surface area contributed by atoms with Crippen LogP contribution in [-0.4, -0.2) is 91.5 Å². The van der Waals surface area contributed by atoms with Crippen LogP contribution in [0.1, 0.15) is 9.67 Å². The molecule has 0 spiro atoms. The lowest BCUT2D eigenvalue weighted by atomic mass is 10.2. The van der Waals surface area contributed by atoms with Crippen molar-refractivity contribution in [3.05, 3.63) is 4.88 Å². The molecule has 2 aliphatic heterocycles. The van der Waals surface area contributed by atoms with Crippen LogP contribution in [0.3, 0.4) is 0 Å². The first-order valence-corrected chi connectivity index (χ1v) is 10.2. The molecule has 5 N–H and O–H groups in total. The lowest BCUT2D eigenvalue weighted by molar-refractivity contribution is 0.100. The van der Waals surface area contributed by atoms with E-state index in [9.17, 15) is 4.79 Å². The van der Waals surface area contributed by atoms with Crippen molar-refractivity contribution in [3.8, 4) is 0 Å². The van der Waals surface area contributed by atoms with Crippen molar-refractivity contribution in [2.24, 2.45) is 5.73 Å². The Hall–Kier alpha value is -2.21. The summed E-state index contributed by atoms with van der Waals surface area (Å²) in [7, 11) is 0. The molecular formula is C17H25N7O3S. The number of nitrogens with zero attached hydrogens (tertiary/aromatic N) is 5. The van der Waals surface area contributed by atoms with Crippen molar-refractivity contribution in [3.63, 3.8) is 0 Å². The lowest BCUT2D eigenvalue weighted by Gasteiger charge is -2.35. The van der Waals surface area contributed by atoms with Crippen molar-refractivity contribution in [1.82, 2.24) is 14.9 Å². The topological polar surface area (TPSA) is 134 Å². The van der Waals surface area contributed by atoms with Gasteiger partial charge in [0, 0.05) is 45.8 Å². The van der Waals surface area contributed by atoms with Gasteiger partial charge in [0.15, 0.2) is 0 Å². The van der Waals surface area contributed by atoms with E-state index in [1.165, 1.54) is 11.3 Å². The molecule has 2 aromatic rings. The maximum Gasteiger partial charge on any atom is 0.260 e. The first kappa shape index (κ1) is 19.1. The van der Waals surface area contributed by atoms with Gasteiger partial charge in [-0.15, -0.1) is 11.3 Å². The van der Waals surface area contributed by atoms with E-state index >= 15 is 0 Å². The molecule has 2 aliphatic rings. The van der Waals surface area contributed by atoms with E-state index in [0.29, 0.717) is 59.6 Å². The minimum absolute atomic E-state index is 0.161. The van der Waals surface area contributed by atoms with Crippen LogP contribution in [-0.2, 0) is 4.74 Å². The Kier molecular flexibility index (Phi) is 5.49. The molecule has 1 amide bonds. The second kappa shape index (κ2) is 8.03. The van der Waals surface area contributed by atoms with Gasteiger partial charge >= 0.3 is 0 Å². The minimum Gasteiger partial charge on any atom is -0.397 e. The van der Waals surface area contributed by atoms with Crippen LogP contribution in [0.5, 0.6) is 0 Å². The standard InChI is InChI=1S/C17H25N7O3S/c18-12-11-15(23-6-9-27-10-7-23)20-17(21-16(11)28-13(12)14(19)26)24-3-1-22(2-4-24)5-8-25/h25H,1-10,18H2,(H2,19,26). The number of morpholine rings is 1. The van der Waals surface area contributed by atoms with E-state index in [1.807, 2.05) is 0 Å². The van der Waals surface area contributed by atoms with Crippen LogP contribution in [0.2, 0.25) is 0 Å². The Morgan fingerprint density at radius 3 is 2.46 bits per heavy atom. The number of thiophene rings is 1. The Bertz CT molecular complexity index is 860. The molecule has 28 heavy (non-hydrogen) atoms. The number of aromatic nitrogens is 2. The molecule has 0 bridgehead atoms. The fraction of sp³-hybridized carbons (Fsp3) is 0.588. The third kappa shape index (κ3) is 3.58. The molecule has 11 heteroatoms. The van der Waals surface area contributed by atoms with E-state index in [0.717, 1.165) is 32.0 Å². The number of carbonyl (C=O) groups is 1. The molecule has 2 aromatic heterocycles.